The van der Waals surface area contributed by atoms with E-state index in [0.717, 1.165) is 17.6 Å². The van der Waals surface area contributed by atoms with Gasteiger partial charge in [0.25, 0.3) is 0 Å². The number of nitrogens with one attached hydrogen (secondary N) is 2. The normalized spacial score (nSPS) is 16.2. The van der Waals surface area contributed by atoms with Crippen molar-refractivity contribution in [2.45, 2.75) is 25.4 Å². The summed E-state index contributed by atoms with van der Waals surface area (Å²) >= 11 is 0. The number of nitrogens with zero attached hydrogens (tertiary/aromatic N) is 1. The van der Waals surface area contributed by atoms with Gasteiger partial charge in [-0.1, -0.05) is 12.1 Å². The number of urea groups is 1. The first kappa shape index (κ1) is 17.6. The van der Waals surface area contributed by atoms with Crippen LogP contribution < -0.4 is 14.8 Å². The number of hydrogen-bond donors (Lipinski definition) is 2. The minimum atomic E-state index is -3.19. The van der Waals surface area contributed by atoms with Gasteiger partial charge in [-0.15, -0.1) is 0 Å². The predicted octanol–water partition coefficient (Wildman–Crippen LogP) is 0.918. The summed E-state index contributed by atoms with van der Waals surface area (Å²) in [5.41, 5.74) is 0.993. The first-order chi connectivity index (χ1) is 10.9. The fourth-order valence-corrected chi connectivity index (χ4v) is 3.38. The number of rotatable bonds is 5. The van der Waals surface area contributed by atoms with Crippen molar-refractivity contribution in [1.29, 1.82) is 0 Å². The van der Waals surface area contributed by atoms with Crippen molar-refractivity contribution in [2.24, 2.45) is 0 Å². The SMILES string of the molecule is COc1ccc(CNC(=O)N2CCC(NS(C)(=O)=O)CC2)cc1. The molecule has 1 saturated heterocycles. The standard InChI is InChI=1S/C15H23N3O4S/c1-22-14-5-3-12(4-6-14)11-16-15(19)18-9-7-13(8-10-18)17-23(2,20)21/h3-6,13,17H,7-11H2,1-2H3,(H,16,19). The molecule has 1 aromatic carbocycles. The minimum absolute atomic E-state index is 0.0874. The van der Waals surface area contributed by atoms with Gasteiger partial charge in [0.05, 0.1) is 13.4 Å². The molecule has 0 bridgehead atoms. The van der Waals surface area contributed by atoms with Crippen LogP contribution in [-0.2, 0) is 16.6 Å². The highest BCUT2D eigenvalue weighted by molar-refractivity contribution is 7.88. The van der Waals surface area contributed by atoms with Crippen molar-refractivity contribution >= 4 is 16.1 Å². The highest BCUT2D eigenvalue weighted by atomic mass is 32.2. The van der Waals surface area contributed by atoms with Gasteiger partial charge in [-0.3, -0.25) is 0 Å². The van der Waals surface area contributed by atoms with Crippen LogP contribution >= 0.6 is 0 Å². The molecule has 23 heavy (non-hydrogen) atoms. The summed E-state index contributed by atoms with van der Waals surface area (Å²) in [6.45, 7) is 1.54. The van der Waals surface area contributed by atoms with Gasteiger partial charge in [0, 0.05) is 25.7 Å². The molecule has 128 valence electrons. The van der Waals surface area contributed by atoms with E-state index in [4.69, 9.17) is 4.74 Å². The highest BCUT2D eigenvalue weighted by Gasteiger charge is 2.24. The molecule has 2 amide bonds. The van der Waals surface area contributed by atoms with E-state index in [-0.39, 0.29) is 12.1 Å². The number of sulfonamides is 1. The summed E-state index contributed by atoms with van der Waals surface area (Å²) in [4.78, 5) is 13.9. The first-order valence-corrected chi connectivity index (χ1v) is 9.39. The maximum Gasteiger partial charge on any atom is 0.317 e. The third-order valence-electron chi connectivity index (χ3n) is 3.77. The maximum absolute atomic E-state index is 12.1. The lowest BCUT2D eigenvalue weighted by Gasteiger charge is -2.32. The molecule has 0 saturated carbocycles. The highest BCUT2D eigenvalue weighted by Crippen LogP contribution is 2.13. The van der Waals surface area contributed by atoms with E-state index >= 15 is 0 Å². The average Bonchev–Trinajstić information content (AvgIpc) is 2.52. The summed E-state index contributed by atoms with van der Waals surface area (Å²) in [6, 6.07) is 7.30. The van der Waals surface area contributed by atoms with Crippen molar-refractivity contribution in [1.82, 2.24) is 14.9 Å². The molecule has 1 aliphatic heterocycles. The van der Waals surface area contributed by atoms with Crippen LogP contribution in [0.25, 0.3) is 0 Å². The Labute approximate surface area is 137 Å². The number of piperidine rings is 1. The predicted molar refractivity (Wildman–Crippen MR) is 87.8 cm³/mol. The second-order valence-electron chi connectivity index (χ2n) is 5.66. The van der Waals surface area contributed by atoms with Gasteiger partial charge < -0.3 is 15.0 Å². The summed E-state index contributed by atoms with van der Waals surface area (Å²) < 4.78 is 30.1. The van der Waals surface area contributed by atoms with Crippen LogP contribution in [-0.4, -0.2) is 51.8 Å². The third-order valence-corrected chi connectivity index (χ3v) is 4.53. The zero-order chi connectivity index (χ0) is 16.9. The molecule has 2 N–H and O–H groups in total. The maximum atomic E-state index is 12.1. The van der Waals surface area contributed by atoms with Crippen LogP contribution in [0.4, 0.5) is 4.79 Å². The quantitative estimate of drug-likeness (QED) is 0.834. The van der Waals surface area contributed by atoms with E-state index < -0.39 is 10.0 Å². The number of carbonyl (C=O) groups excluding carboxylic acids is 1. The fraction of sp³-hybridized carbons (Fsp3) is 0.533. The molecule has 0 unspecified atom stereocenters. The Bertz CT molecular complexity index is 623. The van der Waals surface area contributed by atoms with Crippen LogP contribution in [0.3, 0.4) is 0 Å². The van der Waals surface area contributed by atoms with E-state index in [1.807, 2.05) is 24.3 Å². The lowest BCUT2D eigenvalue weighted by Crippen LogP contribution is -2.49. The van der Waals surface area contributed by atoms with Crippen molar-refractivity contribution in [2.75, 3.05) is 26.5 Å². The van der Waals surface area contributed by atoms with E-state index in [1.165, 1.54) is 0 Å². The molecule has 0 spiro atoms. The minimum Gasteiger partial charge on any atom is -0.497 e. The monoisotopic (exact) mass is 341 g/mol. The second kappa shape index (κ2) is 7.65. The van der Waals surface area contributed by atoms with Gasteiger partial charge in [-0.2, -0.15) is 0 Å². The average molecular weight is 341 g/mol. The first-order valence-electron chi connectivity index (χ1n) is 7.50. The molecule has 1 heterocycles. The molecule has 0 aliphatic carbocycles. The molecule has 1 fully saturated rings. The smallest absolute Gasteiger partial charge is 0.317 e. The van der Waals surface area contributed by atoms with Gasteiger partial charge in [0.1, 0.15) is 5.75 Å². The molecule has 1 aromatic rings. The molecule has 7 nitrogen and oxygen atoms in total. The zero-order valence-electron chi connectivity index (χ0n) is 13.4. The molecule has 2 rings (SSSR count). The largest absolute Gasteiger partial charge is 0.497 e. The van der Waals surface area contributed by atoms with Crippen LogP contribution in [0.2, 0.25) is 0 Å². The van der Waals surface area contributed by atoms with Crippen LogP contribution in [0.5, 0.6) is 5.75 Å². The molecule has 0 aromatic heterocycles. The van der Waals surface area contributed by atoms with Crippen LogP contribution in [0.15, 0.2) is 24.3 Å². The Morgan fingerprint density at radius 1 is 1.26 bits per heavy atom. The molecule has 0 atom stereocenters. The van der Waals surface area contributed by atoms with Gasteiger partial charge in [-0.25, -0.2) is 17.9 Å². The Morgan fingerprint density at radius 3 is 2.39 bits per heavy atom. The number of likely N-dealkylation sites (tertiary alicyclic amines) is 1. The number of carbonyl (C=O) groups is 1. The third kappa shape index (κ3) is 5.72. The van der Waals surface area contributed by atoms with E-state index in [9.17, 15) is 13.2 Å². The number of amides is 2. The molecular formula is C15H23N3O4S. The summed E-state index contributed by atoms with van der Waals surface area (Å²) in [5, 5.41) is 2.88. The lowest BCUT2D eigenvalue weighted by molar-refractivity contribution is 0.179. The Kier molecular flexibility index (Phi) is 5.84. The summed E-state index contributed by atoms with van der Waals surface area (Å²) in [6.07, 6.45) is 2.41. The molecular weight excluding hydrogens is 318 g/mol. The van der Waals surface area contributed by atoms with Crippen molar-refractivity contribution in [3.63, 3.8) is 0 Å². The topological polar surface area (TPSA) is 87.7 Å². The molecule has 8 heteroatoms. The van der Waals surface area contributed by atoms with Crippen molar-refractivity contribution < 1.29 is 17.9 Å². The Morgan fingerprint density at radius 2 is 1.87 bits per heavy atom. The van der Waals surface area contributed by atoms with Crippen LogP contribution in [0.1, 0.15) is 18.4 Å². The van der Waals surface area contributed by atoms with Gasteiger partial charge in [0.2, 0.25) is 10.0 Å². The fourth-order valence-electron chi connectivity index (χ4n) is 2.54. The number of methoxy groups -OCH3 is 1. The number of benzene rings is 1. The molecule has 1 aliphatic rings. The second-order valence-corrected chi connectivity index (χ2v) is 7.44. The van der Waals surface area contributed by atoms with Crippen LogP contribution in [0, 0.1) is 0 Å². The van der Waals surface area contributed by atoms with E-state index in [1.54, 1.807) is 12.0 Å². The number of ether oxygens (including phenoxy) is 1. The van der Waals surface area contributed by atoms with Gasteiger partial charge >= 0.3 is 6.03 Å². The van der Waals surface area contributed by atoms with E-state index in [0.29, 0.717) is 32.5 Å². The van der Waals surface area contributed by atoms with Crippen molar-refractivity contribution in [3.05, 3.63) is 29.8 Å². The van der Waals surface area contributed by atoms with Gasteiger partial charge in [-0.05, 0) is 30.5 Å². The lowest BCUT2D eigenvalue weighted by atomic mass is 10.1. The van der Waals surface area contributed by atoms with Crippen molar-refractivity contribution in [3.8, 4) is 5.75 Å². The Hall–Kier alpha value is -1.80. The van der Waals surface area contributed by atoms with Gasteiger partial charge in [0.15, 0.2) is 0 Å². The number of hydrogen-bond acceptors (Lipinski definition) is 4. The summed E-state index contributed by atoms with van der Waals surface area (Å²) in [5.74, 6) is 0.778. The summed E-state index contributed by atoms with van der Waals surface area (Å²) in [7, 11) is -1.58. The zero-order valence-corrected chi connectivity index (χ0v) is 14.2. The Balaban J connectivity index is 1.76. The van der Waals surface area contributed by atoms with E-state index in [2.05, 4.69) is 10.0 Å². The molecule has 0 radical (unpaired) electrons.